The molecule has 1 unspecified atom stereocenters. The van der Waals surface area contributed by atoms with Crippen LogP contribution in [0.4, 0.5) is 5.82 Å². The largest absolute Gasteiger partial charge is 0.493 e. The lowest BCUT2D eigenvalue weighted by atomic mass is 10.3. The molecule has 0 aliphatic carbocycles. The van der Waals surface area contributed by atoms with E-state index in [1.54, 1.807) is 11.6 Å². The number of aromatic nitrogens is 4. The van der Waals surface area contributed by atoms with Crippen LogP contribution in [0.2, 0.25) is 0 Å². The lowest BCUT2D eigenvalue weighted by Gasteiger charge is -2.17. The molecule has 7 nitrogen and oxygen atoms in total. The first kappa shape index (κ1) is 15.1. The number of ether oxygens (including phenoxy) is 2. The number of rotatable bonds is 6. The molecule has 3 rings (SSSR count). The molecular formula is C16H19N5O2. The second kappa shape index (κ2) is 6.51. The average Bonchev–Trinajstić information content (AvgIpc) is 2.94. The van der Waals surface area contributed by atoms with Crippen molar-refractivity contribution >= 4 is 11.5 Å². The van der Waals surface area contributed by atoms with Crippen LogP contribution in [0, 0.1) is 6.92 Å². The van der Waals surface area contributed by atoms with Crippen LogP contribution in [0.15, 0.2) is 36.4 Å². The third kappa shape index (κ3) is 3.33. The summed E-state index contributed by atoms with van der Waals surface area (Å²) in [5, 5.41) is 15.7. The zero-order chi connectivity index (χ0) is 16.2. The lowest BCUT2D eigenvalue weighted by Crippen LogP contribution is -2.23. The molecule has 120 valence electrons. The van der Waals surface area contributed by atoms with E-state index >= 15 is 0 Å². The van der Waals surface area contributed by atoms with E-state index in [1.165, 1.54) is 0 Å². The minimum Gasteiger partial charge on any atom is -0.493 e. The van der Waals surface area contributed by atoms with Crippen molar-refractivity contribution in [2.24, 2.45) is 0 Å². The highest BCUT2D eigenvalue weighted by Crippen LogP contribution is 2.26. The fourth-order valence-corrected chi connectivity index (χ4v) is 2.21. The Morgan fingerprint density at radius 1 is 1.13 bits per heavy atom. The summed E-state index contributed by atoms with van der Waals surface area (Å²) < 4.78 is 12.9. The van der Waals surface area contributed by atoms with E-state index < -0.39 is 0 Å². The first-order chi connectivity index (χ1) is 11.2. The topological polar surface area (TPSA) is 73.6 Å². The monoisotopic (exact) mass is 313 g/mol. The van der Waals surface area contributed by atoms with Gasteiger partial charge in [0, 0.05) is 0 Å². The average molecular weight is 313 g/mol. The second-order valence-electron chi connectivity index (χ2n) is 5.20. The van der Waals surface area contributed by atoms with Gasteiger partial charge in [-0.2, -0.15) is 4.52 Å². The van der Waals surface area contributed by atoms with Crippen molar-refractivity contribution in [2.75, 3.05) is 19.0 Å². The number of aryl methyl sites for hydroxylation is 1. The molecule has 1 N–H and O–H groups in total. The molecule has 3 aromatic rings. The third-order valence-electron chi connectivity index (χ3n) is 3.39. The maximum atomic E-state index is 5.91. The Hall–Kier alpha value is -2.83. The van der Waals surface area contributed by atoms with Gasteiger partial charge in [-0.1, -0.05) is 12.1 Å². The molecular weight excluding hydrogens is 294 g/mol. The number of nitrogens with zero attached hydrogens (tertiary/aromatic N) is 4. The minimum absolute atomic E-state index is 0.0502. The highest BCUT2D eigenvalue weighted by atomic mass is 16.5. The number of methoxy groups -OCH3 is 1. The van der Waals surface area contributed by atoms with Gasteiger partial charge in [0.25, 0.3) is 0 Å². The zero-order valence-electron chi connectivity index (χ0n) is 13.4. The molecule has 1 aromatic carbocycles. The molecule has 0 bridgehead atoms. The van der Waals surface area contributed by atoms with Gasteiger partial charge in [-0.15, -0.1) is 15.3 Å². The summed E-state index contributed by atoms with van der Waals surface area (Å²) in [6, 6.07) is 11.3. The summed E-state index contributed by atoms with van der Waals surface area (Å²) in [5.74, 6) is 2.94. The van der Waals surface area contributed by atoms with Crippen LogP contribution in [0.1, 0.15) is 12.7 Å². The number of benzene rings is 1. The lowest BCUT2D eigenvalue weighted by molar-refractivity contribution is 0.223. The molecule has 0 aliphatic heterocycles. The van der Waals surface area contributed by atoms with Gasteiger partial charge in [0.05, 0.1) is 13.7 Å². The molecule has 0 saturated carbocycles. The van der Waals surface area contributed by atoms with Gasteiger partial charge in [0.1, 0.15) is 11.9 Å². The van der Waals surface area contributed by atoms with Crippen LogP contribution in [0.25, 0.3) is 5.65 Å². The van der Waals surface area contributed by atoms with Crippen molar-refractivity contribution in [1.82, 2.24) is 19.8 Å². The molecule has 0 saturated heterocycles. The highest BCUT2D eigenvalue weighted by Gasteiger charge is 2.09. The molecule has 23 heavy (non-hydrogen) atoms. The van der Waals surface area contributed by atoms with Crippen molar-refractivity contribution in [3.05, 3.63) is 42.2 Å². The Balaban J connectivity index is 1.63. The normalized spacial score (nSPS) is 12.1. The van der Waals surface area contributed by atoms with E-state index in [9.17, 15) is 0 Å². The standard InChI is InChI=1S/C16H19N5O2/c1-11(23-14-7-5-4-6-13(14)22-3)10-17-15-8-9-16-19-18-12(2)21(16)20-15/h4-9,11H,10H2,1-3H3,(H,17,20). The van der Waals surface area contributed by atoms with E-state index in [-0.39, 0.29) is 6.10 Å². The van der Waals surface area contributed by atoms with Gasteiger partial charge in [0.2, 0.25) is 0 Å². The Morgan fingerprint density at radius 2 is 1.91 bits per heavy atom. The first-order valence-electron chi connectivity index (χ1n) is 7.40. The predicted molar refractivity (Wildman–Crippen MR) is 87.1 cm³/mol. The second-order valence-corrected chi connectivity index (χ2v) is 5.20. The van der Waals surface area contributed by atoms with E-state index in [0.717, 1.165) is 28.8 Å². The Kier molecular flexibility index (Phi) is 4.27. The number of para-hydroxylation sites is 2. The first-order valence-corrected chi connectivity index (χ1v) is 7.40. The van der Waals surface area contributed by atoms with Crippen molar-refractivity contribution in [2.45, 2.75) is 20.0 Å². The SMILES string of the molecule is COc1ccccc1OC(C)CNc1ccc2nnc(C)n2n1. The number of hydrogen-bond donors (Lipinski definition) is 1. The van der Waals surface area contributed by atoms with Gasteiger partial charge in [0.15, 0.2) is 23.0 Å². The summed E-state index contributed by atoms with van der Waals surface area (Å²) in [7, 11) is 1.63. The number of hydrogen-bond acceptors (Lipinski definition) is 6. The molecule has 0 aliphatic rings. The molecule has 0 fully saturated rings. The highest BCUT2D eigenvalue weighted by molar-refractivity contribution is 5.44. The molecule has 1 atom stereocenters. The summed E-state index contributed by atoms with van der Waals surface area (Å²) in [4.78, 5) is 0. The quantitative estimate of drug-likeness (QED) is 0.753. The van der Waals surface area contributed by atoms with Crippen molar-refractivity contribution in [1.29, 1.82) is 0 Å². The smallest absolute Gasteiger partial charge is 0.178 e. The van der Waals surface area contributed by atoms with Crippen molar-refractivity contribution in [3.63, 3.8) is 0 Å². The maximum absolute atomic E-state index is 5.91. The fourth-order valence-electron chi connectivity index (χ4n) is 2.21. The fraction of sp³-hybridized carbons (Fsp3) is 0.312. The Bertz CT molecular complexity index is 802. The van der Waals surface area contributed by atoms with Gasteiger partial charge in [-0.05, 0) is 38.1 Å². The van der Waals surface area contributed by atoms with Crippen LogP contribution in [0.5, 0.6) is 11.5 Å². The number of anilines is 1. The van der Waals surface area contributed by atoms with Gasteiger partial charge in [-0.25, -0.2) is 0 Å². The summed E-state index contributed by atoms with van der Waals surface area (Å²) in [6.45, 7) is 4.46. The van der Waals surface area contributed by atoms with Crippen molar-refractivity contribution < 1.29 is 9.47 Å². The molecule has 0 radical (unpaired) electrons. The summed E-state index contributed by atoms with van der Waals surface area (Å²) in [6.07, 6.45) is -0.0502. The molecule has 2 aromatic heterocycles. The number of nitrogens with one attached hydrogen (secondary N) is 1. The van der Waals surface area contributed by atoms with E-state index in [4.69, 9.17) is 9.47 Å². The summed E-state index contributed by atoms with van der Waals surface area (Å²) in [5.41, 5.74) is 0.728. The minimum atomic E-state index is -0.0502. The van der Waals surface area contributed by atoms with Crippen LogP contribution < -0.4 is 14.8 Å². The van der Waals surface area contributed by atoms with Crippen LogP contribution in [-0.2, 0) is 0 Å². The van der Waals surface area contributed by atoms with Gasteiger partial charge < -0.3 is 14.8 Å². The maximum Gasteiger partial charge on any atom is 0.178 e. The zero-order valence-corrected chi connectivity index (χ0v) is 13.4. The van der Waals surface area contributed by atoms with Gasteiger partial charge in [-0.3, -0.25) is 0 Å². The third-order valence-corrected chi connectivity index (χ3v) is 3.39. The van der Waals surface area contributed by atoms with Crippen LogP contribution in [-0.4, -0.2) is 39.6 Å². The summed E-state index contributed by atoms with van der Waals surface area (Å²) >= 11 is 0. The van der Waals surface area contributed by atoms with Crippen molar-refractivity contribution in [3.8, 4) is 11.5 Å². The molecule has 0 amide bonds. The van der Waals surface area contributed by atoms with Crippen LogP contribution in [0.3, 0.4) is 0 Å². The van der Waals surface area contributed by atoms with E-state index in [1.807, 2.05) is 50.2 Å². The Labute approximate surface area is 134 Å². The molecule has 7 heteroatoms. The van der Waals surface area contributed by atoms with Gasteiger partial charge >= 0.3 is 0 Å². The molecule has 2 heterocycles. The number of fused-ring (bicyclic) bond motifs is 1. The van der Waals surface area contributed by atoms with E-state index in [0.29, 0.717) is 6.54 Å². The predicted octanol–water partition coefficient (Wildman–Crippen LogP) is 2.32. The Morgan fingerprint density at radius 3 is 2.70 bits per heavy atom. The van der Waals surface area contributed by atoms with E-state index in [2.05, 4.69) is 20.6 Å². The molecule has 0 spiro atoms. The van der Waals surface area contributed by atoms with Crippen LogP contribution >= 0.6 is 0 Å².